The van der Waals surface area contributed by atoms with Gasteiger partial charge in [0, 0.05) is 18.0 Å². The number of nitro groups is 1. The molecular formula is C15H14ClNO4. The number of nitro benzene ring substituents is 1. The van der Waals surface area contributed by atoms with Crippen LogP contribution in [0.5, 0.6) is 17.2 Å². The Morgan fingerprint density at radius 3 is 2.48 bits per heavy atom. The maximum absolute atomic E-state index is 11.0. The molecule has 5 nitrogen and oxygen atoms in total. The van der Waals surface area contributed by atoms with Crippen LogP contribution in [-0.4, -0.2) is 12.0 Å². The van der Waals surface area contributed by atoms with Crippen LogP contribution in [-0.2, 0) is 5.88 Å². The second-order valence-electron chi connectivity index (χ2n) is 4.41. The Hall–Kier alpha value is -2.27. The maximum Gasteiger partial charge on any atom is 0.311 e. The van der Waals surface area contributed by atoms with E-state index < -0.39 is 4.92 Å². The van der Waals surface area contributed by atoms with Gasteiger partial charge in [0.25, 0.3) is 0 Å². The van der Waals surface area contributed by atoms with Gasteiger partial charge >= 0.3 is 5.69 Å². The Labute approximate surface area is 127 Å². The van der Waals surface area contributed by atoms with Gasteiger partial charge in [-0.3, -0.25) is 10.1 Å². The number of nitrogens with zero attached hydrogens (tertiary/aromatic N) is 1. The van der Waals surface area contributed by atoms with Gasteiger partial charge in [0.1, 0.15) is 11.5 Å². The van der Waals surface area contributed by atoms with E-state index in [0.29, 0.717) is 17.4 Å². The molecule has 0 saturated heterocycles. The van der Waals surface area contributed by atoms with Crippen molar-refractivity contribution in [3.05, 3.63) is 57.6 Å². The normalized spacial score (nSPS) is 10.2. The predicted molar refractivity (Wildman–Crippen MR) is 80.5 cm³/mol. The summed E-state index contributed by atoms with van der Waals surface area (Å²) >= 11 is 5.80. The SMILES string of the molecule is COc1ccc([N+](=O)[O-])c(Oc2ccc(CCl)c(C)c2)c1. The number of ether oxygens (including phenoxy) is 2. The standard InChI is InChI=1S/C15H14ClNO4/c1-10-7-13(4-3-11(10)9-16)21-15-8-12(20-2)5-6-14(15)17(18)19/h3-8H,9H2,1-2H3. The lowest BCUT2D eigenvalue weighted by Crippen LogP contribution is -1.95. The Bertz CT molecular complexity index is 673. The molecule has 0 heterocycles. The zero-order valence-corrected chi connectivity index (χ0v) is 12.4. The molecule has 110 valence electrons. The second kappa shape index (κ2) is 6.45. The molecule has 0 N–H and O–H groups in total. The molecule has 0 saturated carbocycles. The van der Waals surface area contributed by atoms with E-state index in [4.69, 9.17) is 21.1 Å². The number of halogens is 1. The number of hydrogen-bond donors (Lipinski definition) is 0. The molecule has 0 aliphatic heterocycles. The molecule has 0 atom stereocenters. The van der Waals surface area contributed by atoms with Crippen molar-refractivity contribution >= 4 is 17.3 Å². The van der Waals surface area contributed by atoms with Crippen LogP contribution in [0.15, 0.2) is 36.4 Å². The van der Waals surface area contributed by atoms with Gasteiger partial charge in [-0.25, -0.2) is 0 Å². The van der Waals surface area contributed by atoms with Crippen molar-refractivity contribution in [3.8, 4) is 17.2 Å². The monoisotopic (exact) mass is 307 g/mol. The summed E-state index contributed by atoms with van der Waals surface area (Å²) < 4.78 is 10.7. The molecule has 6 heteroatoms. The van der Waals surface area contributed by atoms with Gasteiger partial charge in [0.15, 0.2) is 0 Å². The smallest absolute Gasteiger partial charge is 0.311 e. The van der Waals surface area contributed by atoms with E-state index in [9.17, 15) is 10.1 Å². The minimum absolute atomic E-state index is 0.116. The van der Waals surface area contributed by atoms with Gasteiger partial charge in [-0.15, -0.1) is 11.6 Å². The molecule has 0 aromatic heterocycles. The minimum atomic E-state index is -0.491. The fraction of sp³-hybridized carbons (Fsp3) is 0.200. The fourth-order valence-electron chi connectivity index (χ4n) is 1.86. The van der Waals surface area contributed by atoms with E-state index in [1.54, 1.807) is 12.1 Å². The molecule has 0 radical (unpaired) electrons. The van der Waals surface area contributed by atoms with Crippen LogP contribution < -0.4 is 9.47 Å². The number of benzene rings is 2. The molecule has 2 aromatic rings. The summed E-state index contributed by atoms with van der Waals surface area (Å²) in [7, 11) is 1.49. The van der Waals surface area contributed by atoms with Crippen LogP contribution in [0.1, 0.15) is 11.1 Å². The van der Waals surface area contributed by atoms with Gasteiger partial charge in [-0.1, -0.05) is 6.07 Å². The lowest BCUT2D eigenvalue weighted by Gasteiger charge is -2.10. The number of aryl methyl sites for hydroxylation is 1. The minimum Gasteiger partial charge on any atom is -0.497 e. The van der Waals surface area contributed by atoms with Crippen LogP contribution in [0.3, 0.4) is 0 Å². The second-order valence-corrected chi connectivity index (χ2v) is 4.68. The zero-order chi connectivity index (χ0) is 15.4. The van der Waals surface area contributed by atoms with Gasteiger partial charge in [-0.2, -0.15) is 0 Å². The third kappa shape index (κ3) is 3.44. The van der Waals surface area contributed by atoms with E-state index in [-0.39, 0.29) is 11.4 Å². The molecule has 21 heavy (non-hydrogen) atoms. The van der Waals surface area contributed by atoms with Gasteiger partial charge in [0.05, 0.1) is 12.0 Å². The van der Waals surface area contributed by atoms with Crippen molar-refractivity contribution in [1.29, 1.82) is 0 Å². The van der Waals surface area contributed by atoms with Crippen molar-refractivity contribution in [3.63, 3.8) is 0 Å². The van der Waals surface area contributed by atoms with Gasteiger partial charge < -0.3 is 9.47 Å². The predicted octanol–water partition coefficient (Wildman–Crippen LogP) is 4.44. The Morgan fingerprint density at radius 2 is 1.90 bits per heavy atom. The van der Waals surface area contributed by atoms with Gasteiger partial charge in [-0.05, 0) is 36.2 Å². The third-order valence-corrected chi connectivity index (χ3v) is 3.34. The van der Waals surface area contributed by atoms with Crippen LogP contribution in [0.4, 0.5) is 5.69 Å². The molecule has 0 amide bonds. The first-order chi connectivity index (χ1) is 10.0. The van der Waals surface area contributed by atoms with Crippen LogP contribution >= 0.6 is 11.6 Å². The van der Waals surface area contributed by atoms with E-state index in [1.807, 2.05) is 13.0 Å². The van der Waals surface area contributed by atoms with Crippen LogP contribution in [0.2, 0.25) is 0 Å². The van der Waals surface area contributed by atoms with E-state index >= 15 is 0 Å². The third-order valence-electron chi connectivity index (χ3n) is 3.05. The molecular weight excluding hydrogens is 294 g/mol. The summed E-state index contributed by atoms with van der Waals surface area (Å²) in [6, 6.07) is 9.72. The first kappa shape index (κ1) is 15.1. The number of hydrogen-bond acceptors (Lipinski definition) is 4. The summed E-state index contributed by atoms with van der Waals surface area (Å²) in [5.74, 6) is 1.55. The number of methoxy groups -OCH3 is 1. The molecule has 0 aliphatic rings. The van der Waals surface area contributed by atoms with E-state index in [0.717, 1.165) is 11.1 Å². The van der Waals surface area contributed by atoms with Crippen molar-refractivity contribution in [1.82, 2.24) is 0 Å². The first-order valence-electron chi connectivity index (χ1n) is 6.21. The highest BCUT2D eigenvalue weighted by molar-refractivity contribution is 6.17. The molecule has 0 spiro atoms. The van der Waals surface area contributed by atoms with Crippen molar-refractivity contribution < 1.29 is 14.4 Å². The first-order valence-corrected chi connectivity index (χ1v) is 6.74. The summed E-state index contributed by atoms with van der Waals surface area (Å²) in [6.45, 7) is 1.91. The lowest BCUT2D eigenvalue weighted by molar-refractivity contribution is -0.385. The summed E-state index contributed by atoms with van der Waals surface area (Å²) in [4.78, 5) is 10.6. The average Bonchev–Trinajstić information content (AvgIpc) is 2.47. The average molecular weight is 308 g/mol. The fourth-order valence-corrected chi connectivity index (χ4v) is 2.16. The molecule has 2 rings (SSSR count). The van der Waals surface area contributed by atoms with Gasteiger partial charge in [0.2, 0.25) is 5.75 Å². The van der Waals surface area contributed by atoms with Crippen molar-refractivity contribution in [2.24, 2.45) is 0 Å². The van der Waals surface area contributed by atoms with Crippen molar-refractivity contribution in [2.45, 2.75) is 12.8 Å². The van der Waals surface area contributed by atoms with E-state index in [2.05, 4.69) is 0 Å². The Morgan fingerprint density at radius 1 is 1.19 bits per heavy atom. The molecule has 0 unspecified atom stereocenters. The molecule has 2 aromatic carbocycles. The Kier molecular flexibility index (Phi) is 4.65. The molecule has 0 aliphatic carbocycles. The van der Waals surface area contributed by atoms with Crippen LogP contribution in [0, 0.1) is 17.0 Å². The Balaban J connectivity index is 2.37. The number of alkyl halides is 1. The highest BCUT2D eigenvalue weighted by Crippen LogP contribution is 2.35. The lowest BCUT2D eigenvalue weighted by atomic mass is 10.1. The summed E-state index contributed by atoms with van der Waals surface area (Å²) in [6.07, 6.45) is 0. The molecule has 0 bridgehead atoms. The summed E-state index contributed by atoms with van der Waals surface area (Å²) in [5, 5.41) is 11.0. The number of rotatable bonds is 5. The van der Waals surface area contributed by atoms with Crippen LogP contribution in [0.25, 0.3) is 0 Å². The highest BCUT2D eigenvalue weighted by Gasteiger charge is 2.17. The topological polar surface area (TPSA) is 61.6 Å². The summed E-state index contributed by atoms with van der Waals surface area (Å²) in [5.41, 5.74) is 1.84. The highest BCUT2D eigenvalue weighted by atomic mass is 35.5. The van der Waals surface area contributed by atoms with Crippen molar-refractivity contribution in [2.75, 3.05) is 7.11 Å². The largest absolute Gasteiger partial charge is 0.497 e. The van der Waals surface area contributed by atoms with E-state index in [1.165, 1.54) is 25.3 Å². The maximum atomic E-state index is 11.0. The zero-order valence-electron chi connectivity index (χ0n) is 11.6. The quantitative estimate of drug-likeness (QED) is 0.465. The molecule has 0 fully saturated rings.